The number of aromatic nitrogens is 4. The number of hydrogen-bond donors (Lipinski definition) is 1. The second kappa shape index (κ2) is 7.58. The quantitative estimate of drug-likeness (QED) is 0.759. The smallest absolute Gasteiger partial charge is 0.220 e. The highest BCUT2D eigenvalue weighted by atomic mass is 35.5. The number of hydrogen-bond acceptors (Lipinski definition) is 4. The van der Waals surface area contributed by atoms with Crippen molar-refractivity contribution >= 4 is 17.5 Å². The molecule has 136 valence electrons. The molecule has 0 radical (unpaired) electrons. The summed E-state index contributed by atoms with van der Waals surface area (Å²) in [4.78, 5) is 12.6. The van der Waals surface area contributed by atoms with E-state index in [2.05, 4.69) is 33.0 Å². The fourth-order valence-electron chi connectivity index (χ4n) is 4.18. The Bertz CT molecular complexity index is 774. The lowest BCUT2D eigenvalue weighted by Gasteiger charge is -2.20. The van der Waals surface area contributed by atoms with Gasteiger partial charge in [-0.1, -0.05) is 35.9 Å². The van der Waals surface area contributed by atoms with Crippen molar-refractivity contribution in [2.45, 2.75) is 31.7 Å². The molecule has 1 heterocycles. The van der Waals surface area contributed by atoms with Gasteiger partial charge in [0.15, 0.2) is 0 Å². The lowest BCUT2D eigenvalue weighted by molar-refractivity contribution is -0.121. The van der Waals surface area contributed by atoms with E-state index in [0.717, 1.165) is 18.0 Å². The van der Waals surface area contributed by atoms with Gasteiger partial charge in [0.25, 0.3) is 0 Å². The predicted molar refractivity (Wildman–Crippen MR) is 98.5 cm³/mol. The molecule has 1 fully saturated rings. The van der Waals surface area contributed by atoms with E-state index in [9.17, 15) is 4.79 Å². The standard InChI is InChI=1S/C19H22ClN5O/c20-18-5-3-14(4-6-18)17(11-25-12-22-23-24-25)9-19(26)21-10-16-8-13-1-2-15(16)7-13/h1-6,12-13,15-17H,7-11H2,(H,21,26). The van der Waals surface area contributed by atoms with Crippen LogP contribution in [0.15, 0.2) is 42.7 Å². The van der Waals surface area contributed by atoms with Crippen LogP contribution in [0.3, 0.4) is 0 Å². The molecule has 0 spiro atoms. The van der Waals surface area contributed by atoms with Gasteiger partial charge < -0.3 is 5.32 Å². The Kier molecular flexibility index (Phi) is 5.02. The largest absolute Gasteiger partial charge is 0.356 e. The van der Waals surface area contributed by atoms with E-state index < -0.39 is 0 Å². The first-order valence-corrected chi connectivity index (χ1v) is 9.46. The zero-order valence-electron chi connectivity index (χ0n) is 14.5. The third-order valence-electron chi connectivity index (χ3n) is 5.55. The molecule has 2 aromatic rings. The number of nitrogens with zero attached hydrogens (tertiary/aromatic N) is 4. The minimum Gasteiger partial charge on any atom is -0.356 e. The monoisotopic (exact) mass is 371 g/mol. The minimum atomic E-state index is -0.00399. The number of carbonyl (C=O) groups excluding carboxylic acids is 1. The lowest BCUT2D eigenvalue weighted by atomic mass is 9.93. The van der Waals surface area contributed by atoms with Crippen LogP contribution < -0.4 is 5.32 Å². The Balaban J connectivity index is 1.38. The maximum Gasteiger partial charge on any atom is 0.220 e. The van der Waals surface area contributed by atoms with E-state index in [4.69, 9.17) is 11.6 Å². The number of benzene rings is 1. The van der Waals surface area contributed by atoms with E-state index in [1.165, 1.54) is 12.8 Å². The van der Waals surface area contributed by atoms with Crippen LogP contribution in [0.1, 0.15) is 30.7 Å². The molecule has 1 aromatic heterocycles. The summed E-state index contributed by atoms with van der Waals surface area (Å²) in [5.41, 5.74) is 1.06. The molecule has 1 amide bonds. The van der Waals surface area contributed by atoms with Crippen molar-refractivity contribution in [1.29, 1.82) is 0 Å². The fourth-order valence-corrected chi connectivity index (χ4v) is 4.31. The van der Waals surface area contributed by atoms with Crippen molar-refractivity contribution < 1.29 is 4.79 Å². The SMILES string of the molecule is O=C(CC(Cn1cnnn1)c1ccc(Cl)cc1)NCC1CC2C=CC1C2. The van der Waals surface area contributed by atoms with Crippen LogP contribution in [0.4, 0.5) is 0 Å². The summed E-state index contributed by atoms with van der Waals surface area (Å²) in [6, 6.07) is 7.63. The predicted octanol–water partition coefficient (Wildman–Crippen LogP) is 2.83. The van der Waals surface area contributed by atoms with Gasteiger partial charge in [-0.25, -0.2) is 4.68 Å². The van der Waals surface area contributed by atoms with Gasteiger partial charge in [-0.15, -0.1) is 5.10 Å². The van der Waals surface area contributed by atoms with Gasteiger partial charge in [0, 0.05) is 23.9 Å². The van der Waals surface area contributed by atoms with Crippen LogP contribution in [-0.4, -0.2) is 32.7 Å². The van der Waals surface area contributed by atoms with Gasteiger partial charge in [-0.3, -0.25) is 4.79 Å². The van der Waals surface area contributed by atoms with Crippen molar-refractivity contribution in [1.82, 2.24) is 25.5 Å². The Morgan fingerprint density at radius 2 is 2.12 bits per heavy atom. The lowest BCUT2D eigenvalue weighted by Crippen LogP contribution is -2.32. The minimum absolute atomic E-state index is 0.00399. The number of amides is 1. The van der Waals surface area contributed by atoms with Gasteiger partial charge in [0.1, 0.15) is 6.33 Å². The van der Waals surface area contributed by atoms with Crippen LogP contribution >= 0.6 is 11.6 Å². The van der Waals surface area contributed by atoms with Crippen LogP contribution in [0, 0.1) is 17.8 Å². The van der Waals surface area contributed by atoms with Crippen molar-refractivity contribution in [3.05, 3.63) is 53.3 Å². The van der Waals surface area contributed by atoms with Crippen LogP contribution in [0.5, 0.6) is 0 Å². The summed E-state index contributed by atoms with van der Waals surface area (Å²) >= 11 is 6.00. The van der Waals surface area contributed by atoms with E-state index in [0.29, 0.717) is 29.8 Å². The molecule has 1 aromatic carbocycles. The summed E-state index contributed by atoms with van der Waals surface area (Å²) in [5, 5.41) is 15.1. The molecule has 4 atom stereocenters. The highest BCUT2D eigenvalue weighted by Crippen LogP contribution is 2.42. The third kappa shape index (κ3) is 3.96. The van der Waals surface area contributed by atoms with Gasteiger partial charge in [-0.05, 0) is 58.7 Å². The Hall–Kier alpha value is -2.21. The number of halogens is 1. The van der Waals surface area contributed by atoms with Crippen LogP contribution in [0.25, 0.3) is 0 Å². The molecule has 6 nitrogen and oxygen atoms in total. The third-order valence-corrected chi connectivity index (χ3v) is 5.80. The molecule has 1 saturated carbocycles. The van der Waals surface area contributed by atoms with Crippen molar-refractivity contribution in [3.63, 3.8) is 0 Å². The van der Waals surface area contributed by atoms with Crippen molar-refractivity contribution in [3.8, 4) is 0 Å². The molecule has 2 aliphatic rings. The topological polar surface area (TPSA) is 72.7 Å². The molecule has 7 heteroatoms. The highest BCUT2D eigenvalue weighted by molar-refractivity contribution is 6.30. The molecule has 2 aliphatic carbocycles. The normalized spacial score (nSPS) is 24.7. The summed E-state index contributed by atoms with van der Waals surface area (Å²) < 4.78 is 1.66. The van der Waals surface area contributed by atoms with Crippen LogP contribution in [-0.2, 0) is 11.3 Å². The molecule has 2 bridgehead atoms. The van der Waals surface area contributed by atoms with Gasteiger partial charge >= 0.3 is 0 Å². The molecule has 4 rings (SSSR count). The summed E-state index contributed by atoms with van der Waals surface area (Å²) in [5.74, 6) is 2.03. The number of fused-ring (bicyclic) bond motifs is 2. The molecule has 26 heavy (non-hydrogen) atoms. The van der Waals surface area contributed by atoms with Crippen molar-refractivity contribution in [2.75, 3.05) is 6.54 Å². The van der Waals surface area contributed by atoms with Crippen molar-refractivity contribution in [2.24, 2.45) is 17.8 Å². The fraction of sp³-hybridized carbons (Fsp3) is 0.474. The maximum atomic E-state index is 12.6. The number of tetrazole rings is 1. The number of carbonyl (C=O) groups is 1. The number of rotatable bonds is 7. The Morgan fingerprint density at radius 1 is 1.27 bits per heavy atom. The first-order chi connectivity index (χ1) is 12.7. The zero-order chi connectivity index (χ0) is 17.9. The Labute approximate surface area is 157 Å². The van der Waals surface area contributed by atoms with Crippen LogP contribution in [0.2, 0.25) is 5.02 Å². The molecular weight excluding hydrogens is 350 g/mol. The summed E-state index contributed by atoms with van der Waals surface area (Å²) in [6.45, 7) is 1.32. The molecule has 1 N–H and O–H groups in total. The molecule has 4 unspecified atom stereocenters. The van der Waals surface area contributed by atoms with E-state index in [-0.39, 0.29) is 11.8 Å². The average molecular weight is 372 g/mol. The maximum absolute atomic E-state index is 12.6. The summed E-state index contributed by atoms with van der Waals surface area (Å²) in [7, 11) is 0. The molecular formula is C19H22ClN5O. The number of allylic oxidation sites excluding steroid dienone is 2. The average Bonchev–Trinajstić information content (AvgIpc) is 3.38. The highest BCUT2D eigenvalue weighted by Gasteiger charge is 2.35. The zero-order valence-corrected chi connectivity index (χ0v) is 15.2. The van der Waals surface area contributed by atoms with E-state index >= 15 is 0 Å². The summed E-state index contributed by atoms with van der Waals surface area (Å²) in [6.07, 6.45) is 9.07. The molecule has 0 saturated heterocycles. The molecule has 0 aliphatic heterocycles. The Morgan fingerprint density at radius 3 is 2.77 bits per heavy atom. The first-order valence-electron chi connectivity index (χ1n) is 9.08. The second-order valence-corrected chi connectivity index (χ2v) is 7.77. The van der Waals surface area contributed by atoms with E-state index in [1.807, 2.05) is 24.3 Å². The van der Waals surface area contributed by atoms with Gasteiger partial charge in [0.2, 0.25) is 5.91 Å². The number of nitrogens with one attached hydrogen (secondary N) is 1. The van der Waals surface area contributed by atoms with Gasteiger partial charge in [0.05, 0.1) is 6.54 Å². The first kappa shape index (κ1) is 17.2. The second-order valence-electron chi connectivity index (χ2n) is 7.33. The van der Waals surface area contributed by atoms with E-state index in [1.54, 1.807) is 11.0 Å². The van der Waals surface area contributed by atoms with Gasteiger partial charge in [-0.2, -0.15) is 0 Å².